The minimum absolute atomic E-state index is 0.267. The van der Waals surface area contributed by atoms with Crippen LogP contribution < -0.4 is 9.47 Å². The normalized spacial score (nSPS) is 19.4. The quantitative estimate of drug-likeness (QED) is 0.508. The lowest BCUT2D eigenvalue weighted by molar-refractivity contribution is 0.0504. The molecule has 2 aromatic rings. The van der Waals surface area contributed by atoms with Crippen LogP contribution in [0, 0.1) is 3.57 Å². The first kappa shape index (κ1) is 18.1. The summed E-state index contributed by atoms with van der Waals surface area (Å²) in [7, 11) is 3.86. The van der Waals surface area contributed by atoms with Gasteiger partial charge in [0, 0.05) is 38.1 Å². The van der Waals surface area contributed by atoms with Gasteiger partial charge in [0.15, 0.2) is 6.79 Å². The van der Waals surface area contributed by atoms with E-state index in [1.54, 1.807) is 7.11 Å². The molecule has 0 spiro atoms. The number of halogens is 1. The van der Waals surface area contributed by atoms with Crippen LogP contribution in [0.15, 0.2) is 30.3 Å². The molecule has 1 atom stereocenters. The molecule has 1 unspecified atom stereocenters. The summed E-state index contributed by atoms with van der Waals surface area (Å²) in [6.07, 6.45) is 2.06. The smallest absolute Gasteiger partial charge is 0.188 e. The average molecular weight is 465 g/mol. The standard InChI is InChI=1S/C21H24INO3/c1-23-8-6-15-10-19(22)20(26-13-24-2)11-17(15)18(12-23)16-5-3-4-14-7-9-25-21(14)16/h3-5,10-11,18H,6-9,12-13H2,1-2H3. The summed E-state index contributed by atoms with van der Waals surface area (Å²) in [4.78, 5) is 2.42. The molecule has 2 aliphatic rings. The van der Waals surface area contributed by atoms with Gasteiger partial charge in [0.05, 0.1) is 10.2 Å². The third-order valence-electron chi connectivity index (χ3n) is 5.28. The van der Waals surface area contributed by atoms with Crippen LogP contribution in [0.3, 0.4) is 0 Å². The summed E-state index contributed by atoms with van der Waals surface area (Å²) in [5, 5.41) is 0. The topological polar surface area (TPSA) is 30.9 Å². The Bertz CT molecular complexity index is 808. The number of nitrogens with zero attached hydrogens (tertiary/aromatic N) is 1. The van der Waals surface area contributed by atoms with E-state index in [9.17, 15) is 0 Å². The lowest BCUT2D eigenvalue weighted by Gasteiger charge is -2.24. The molecule has 0 aliphatic carbocycles. The molecule has 0 saturated heterocycles. The lowest BCUT2D eigenvalue weighted by atomic mass is 9.86. The molecular formula is C21H24INO3. The highest BCUT2D eigenvalue weighted by Crippen LogP contribution is 2.41. The average Bonchev–Trinajstić information content (AvgIpc) is 3.06. The van der Waals surface area contributed by atoms with Gasteiger partial charge in [-0.15, -0.1) is 0 Å². The van der Waals surface area contributed by atoms with Gasteiger partial charge < -0.3 is 19.1 Å². The van der Waals surface area contributed by atoms with Crippen molar-refractivity contribution in [2.75, 3.05) is 40.6 Å². The van der Waals surface area contributed by atoms with E-state index < -0.39 is 0 Å². The maximum absolute atomic E-state index is 6.02. The molecule has 0 bridgehead atoms. The highest BCUT2D eigenvalue weighted by molar-refractivity contribution is 14.1. The van der Waals surface area contributed by atoms with E-state index in [2.05, 4.69) is 64.9 Å². The molecule has 2 aromatic carbocycles. The van der Waals surface area contributed by atoms with E-state index in [1.807, 2.05) is 0 Å². The van der Waals surface area contributed by atoms with Gasteiger partial charge in [0.2, 0.25) is 0 Å². The van der Waals surface area contributed by atoms with Gasteiger partial charge in [-0.05, 0) is 64.9 Å². The molecule has 0 aromatic heterocycles. The largest absolute Gasteiger partial charge is 0.493 e. The van der Waals surface area contributed by atoms with Crippen molar-refractivity contribution in [2.24, 2.45) is 0 Å². The zero-order valence-electron chi connectivity index (χ0n) is 15.3. The molecule has 26 heavy (non-hydrogen) atoms. The Morgan fingerprint density at radius 2 is 2.08 bits per heavy atom. The van der Waals surface area contributed by atoms with Gasteiger partial charge in [-0.2, -0.15) is 0 Å². The number of likely N-dealkylation sites (N-methyl/N-ethyl adjacent to an activating group) is 1. The fraction of sp³-hybridized carbons (Fsp3) is 0.429. The molecule has 0 N–H and O–H groups in total. The molecule has 2 heterocycles. The second kappa shape index (κ2) is 7.74. The number of hydrogen-bond donors (Lipinski definition) is 0. The van der Waals surface area contributed by atoms with Gasteiger partial charge >= 0.3 is 0 Å². The number of hydrogen-bond acceptors (Lipinski definition) is 4. The van der Waals surface area contributed by atoms with Gasteiger partial charge in [0.25, 0.3) is 0 Å². The highest BCUT2D eigenvalue weighted by atomic mass is 127. The van der Waals surface area contributed by atoms with E-state index in [1.165, 1.54) is 22.3 Å². The van der Waals surface area contributed by atoms with Crippen LogP contribution in [0.2, 0.25) is 0 Å². The fourth-order valence-corrected chi connectivity index (χ4v) is 4.67. The second-order valence-electron chi connectivity index (χ2n) is 7.03. The third kappa shape index (κ3) is 3.44. The van der Waals surface area contributed by atoms with Crippen molar-refractivity contribution in [3.63, 3.8) is 0 Å². The molecule has 0 fully saturated rings. The van der Waals surface area contributed by atoms with Crippen molar-refractivity contribution in [3.8, 4) is 11.5 Å². The molecule has 4 nitrogen and oxygen atoms in total. The first-order valence-corrected chi connectivity index (χ1v) is 10.1. The zero-order valence-corrected chi connectivity index (χ0v) is 17.4. The minimum atomic E-state index is 0.267. The molecule has 2 aliphatic heterocycles. The number of methoxy groups -OCH3 is 1. The van der Waals surface area contributed by atoms with Crippen molar-refractivity contribution in [3.05, 3.63) is 56.2 Å². The maximum Gasteiger partial charge on any atom is 0.188 e. The Morgan fingerprint density at radius 3 is 2.92 bits per heavy atom. The summed E-state index contributed by atoms with van der Waals surface area (Å²) < 4.78 is 18.1. The minimum Gasteiger partial charge on any atom is -0.493 e. The Balaban J connectivity index is 1.81. The van der Waals surface area contributed by atoms with Crippen molar-refractivity contribution < 1.29 is 14.2 Å². The van der Waals surface area contributed by atoms with E-state index in [4.69, 9.17) is 14.2 Å². The summed E-state index contributed by atoms with van der Waals surface area (Å²) in [5.74, 6) is 2.28. The Morgan fingerprint density at radius 1 is 1.19 bits per heavy atom. The van der Waals surface area contributed by atoms with Crippen LogP contribution in [0.4, 0.5) is 0 Å². The summed E-state index contributed by atoms with van der Waals surface area (Å²) >= 11 is 2.36. The SMILES string of the molecule is COCOc1cc2c(cc1I)CCN(C)CC2c1cccc2c1OCC2. The summed E-state index contributed by atoms with van der Waals surface area (Å²) in [5.41, 5.74) is 5.39. The molecule has 0 amide bonds. The molecule has 4 rings (SSSR count). The van der Waals surface area contributed by atoms with Crippen LogP contribution in [0.1, 0.15) is 28.2 Å². The van der Waals surface area contributed by atoms with E-state index in [0.29, 0.717) is 0 Å². The fourth-order valence-electron chi connectivity index (χ4n) is 3.98. The lowest BCUT2D eigenvalue weighted by Crippen LogP contribution is -2.24. The summed E-state index contributed by atoms with van der Waals surface area (Å²) in [6.45, 7) is 3.10. The molecule has 0 radical (unpaired) electrons. The van der Waals surface area contributed by atoms with Crippen molar-refractivity contribution >= 4 is 22.6 Å². The Kier molecular flexibility index (Phi) is 5.38. The van der Waals surface area contributed by atoms with Crippen LogP contribution in [-0.2, 0) is 17.6 Å². The number of benzene rings is 2. The molecule has 5 heteroatoms. The van der Waals surface area contributed by atoms with Crippen LogP contribution in [-0.4, -0.2) is 45.5 Å². The second-order valence-corrected chi connectivity index (χ2v) is 8.19. The highest BCUT2D eigenvalue weighted by Gasteiger charge is 2.29. The third-order valence-corrected chi connectivity index (χ3v) is 6.12. The van der Waals surface area contributed by atoms with Crippen molar-refractivity contribution in [1.82, 2.24) is 4.90 Å². The van der Waals surface area contributed by atoms with Gasteiger partial charge in [-0.25, -0.2) is 0 Å². The van der Waals surface area contributed by atoms with Gasteiger partial charge in [0.1, 0.15) is 11.5 Å². The molecule has 0 saturated carbocycles. The number of rotatable bonds is 4. The number of para-hydroxylation sites is 1. The predicted octanol–water partition coefficient (Wildman–Crippen LogP) is 3.83. The predicted molar refractivity (Wildman–Crippen MR) is 110 cm³/mol. The van der Waals surface area contributed by atoms with E-state index in [-0.39, 0.29) is 12.7 Å². The van der Waals surface area contributed by atoms with Crippen LogP contribution in [0.25, 0.3) is 0 Å². The molecular weight excluding hydrogens is 441 g/mol. The maximum atomic E-state index is 6.02. The number of ether oxygens (including phenoxy) is 3. The van der Waals surface area contributed by atoms with Gasteiger partial charge in [-0.3, -0.25) is 0 Å². The van der Waals surface area contributed by atoms with E-state index >= 15 is 0 Å². The first-order chi connectivity index (χ1) is 12.7. The molecule has 138 valence electrons. The Labute approximate surface area is 168 Å². The monoisotopic (exact) mass is 465 g/mol. The zero-order chi connectivity index (χ0) is 18.1. The van der Waals surface area contributed by atoms with Crippen molar-refractivity contribution in [1.29, 1.82) is 0 Å². The first-order valence-electron chi connectivity index (χ1n) is 9.04. The van der Waals surface area contributed by atoms with Gasteiger partial charge in [-0.1, -0.05) is 18.2 Å². The van der Waals surface area contributed by atoms with E-state index in [0.717, 1.165) is 47.6 Å². The summed E-state index contributed by atoms with van der Waals surface area (Å²) in [6, 6.07) is 11.1. The van der Waals surface area contributed by atoms with Crippen LogP contribution in [0.5, 0.6) is 11.5 Å². The van der Waals surface area contributed by atoms with Crippen molar-refractivity contribution in [2.45, 2.75) is 18.8 Å². The number of fused-ring (bicyclic) bond motifs is 2. The van der Waals surface area contributed by atoms with Crippen LogP contribution >= 0.6 is 22.6 Å². The Hall–Kier alpha value is -1.31.